The largest absolute Gasteiger partial charge is 0.482 e. The quantitative estimate of drug-likeness (QED) is 0.865. The van der Waals surface area contributed by atoms with Crippen LogP contribution in [0.25, 0.3) is 0 Å². The molecule has 1 saturated carbocycles. The maximum absolute atomic E-state index is 12.2. The van der Waals surface area contributed by atoms with Crippen LogP contribution in [0.3, 0.4) is 0 Å². The lowest BCUT2D eigenvalue weighted by molar-refractivity contribution is -0.133. The first-order chi connectivity index (χ1) is 9.63. The van der Waals surface area contributed by atoms with Gasteiger partial charge in [0.2, 0.25) is 6.10 Å². The fraction of sp³-hybridized carbons (Fsp3) is 0.533. The summed E-state index contributed by atoms with van der Waals surface area (Å²) in [5, 5.41) is 12.1. The minimum atomic E-state index is -0.653. The van der Waals surface area contributed by atoms with Crippen LogP contribution in [-0.4, -0.2) is 36.4 Å². The van der Waals surface area contributed by atoms with Crippen LogP contribution in [0.1, 0.15) is 19.8 Å². The van der Waals surface area contributed by atoms with Crippen molar-refractivity contribution >= 4 is 5.91 Å². The second kappa shape index (κ2) is 4.98. The van der Waals surface area contributed by atoms with Crippen molar-refractivity contribution in [1.29, 1.82) is 0 Å². The zero-order chi connectivity index (χ0) is 14.2. The van der Waals surface area contributed by atoms with E-state index in [2.05, 4.69) is 5.32 Å². The molecule has 5 heteroatoms. The van der Waals surface area contributed by atoms with Crippen LogP contribution in [-0.2, 0) is 4.79 Å². The molecule has 1 aromatic rings. The normalized spacial score (nSPS) is 25.9. The number of para-hydroxylation sites is 2. The van der Waals surface area contributed by atoms with Crippen molar-refractivity contribution < 1.29 is 19.4 Å². The van der Waals surface area contributed by atoms with Gasteiger partial charge in [-0.25, -0.2) is 0 Å². The number of aliphatic hydroxyl groups is 1. The number of carbonyl (C=O) groups excluding carboxylic acids is 1. The highest BCUT2D eigenvalue weighted by atomic mass is 16.6. The van der Waals surface area contributed by atoms with E-state index in [1.54, 1.807) is 6.07 Å². The van der Waals surface area contributed by atoms with E-state index >= 15 is 0 Å². The van der Waals surface area contributed by atoms with E-state index in [4.69, 9.17) is 9.47 Å². The van der Waals surface area contributed by atoms with Crippen LogP contribution >= 0.6 is 0 Å². The average Bonchev–Trinajstić information content (AvgIpc) is 3.25. The molecule has 1 aliphatic carbocycles. The van der Waals surface area contributed by atoms with E-state index in [1.807, 2.05) is 25.1 Å². The molecule has 1 aliphatic heterocycles. The van der Waals surface area contributed by atoms with Gasteiger partial charge >= 0.3 is 0 Å². The summed E-state index contributed by atoms with van der Waals surface area (Å²) in [5.41, 5.74) is -0.105. The molecule has 1 aromatic carbocycles. The fourth-order valence-corrected chi connectivity index (χ4v) is 2.35. The number of fused-ring (bicyclic) bond motifs is 1. The molecule has 1 fully saturated rings. The Kier molecular flexibility index (Phi) is 3.30. The molecule has 0 spiro atoms. The molecule has 2 unspecified atom stereocenters. The van der Waals surface area contributed by atoms with Crippen molar-refractivity contribution in [3.63, 3.8) is 0 Å². The molecule has 0 radical (unpaired) electrons. The van der Waals surface area contributed by atoms with Crippen molar-refractivity contribution in [2.75, 3.05) is 13.2 Å². The second-order valence-corrected chi connectivity index (χ2v) is 5.68. The molecular formula is C15H19NO4. The first-order valence-electron chi connectivity index (χ1n) is 6.94. The highest BCUT2D eigenvalue weighted by molar-refractivity contribution is 5.82. The van der Waals surface area contributed by atoms with Crippen LogP contribution in [0.4, 0.5) is 0 Å². The molecular weight excluding hydrogens is 258 g/mol. The zero-order valence-corrected chi connectivity index (χ0v) is 11.5. The van der Waals surface area contributed by atoms with Crippen LogP contribution < -0.4 is 14.8 Å². The lowest BCUT2D eigenvalue weighted by Gasteiger charge is -2.31. The van der Waals surface area contributed by atoms with Gasteiger partial charge < -0.3 is 19.9 Å². The summed E-state index contributed by atoms with van der Waals surface area (Å²) < 4.78 is 11.4. The summed E-state index contributed by atoms with van der Waals surface area (Å²) in [6.07, 6.45) is 0.933. The second-order valence-electron chi connectivity index (χ2n) is 5.68. The molecule has 1 heterocycles. The van der Waals surface area contributed by atoms with Gasteiger partial charge in [0, 0.05) is 12.0 Å². The van der Waals surface area contributed by atoms with E-state index in [9.17, 15) is 9.90 Å². The summed E-state index contributed by atoms with van der Waals surface area (Å²) in [6.45, 7) is 2.43. The van der Waals surface area contributed by atoms with Gasteiger partial charge in [-0.3, -0.25) is 4.79 Å². The third-order valence-electron chi connectivity index (χ3n) is 4.03. The Morgan fingerprint density at radius 1 is 1.35 bits per heavy atom. The predicted molar refractivity (Wildman–Crippen MR) is 72.7 cm³/mol. The molecule has 0 saturated heterocycles. The van der Waals surface area contributed by atoms with E-state index < -0.39 is 6.10 Å². The predicted octanol–water partition coefficient (Wildman–Crippen LogP) is 1.10. The number of ether oxygens (including phenoxy) is 2. The monoisotopic (exact) mass is 277 g/mol. The minimum absolute atomic E-state index is 0.105. The Morgan fingerprint density at radius 3 is 2.60 bits per heavy atom. The number of carbonyl (C=O) groups is 1. The third kappa shape index (κ3) is 2.45. The zero-order valence-electron chi connectivity index (χ0n) is 11.5. The number of hydrogen-bond acceptors (Lipinski definition) is 4. The molecule has 20 heavy (non-hydrogen) atoms. The van der Waals surface area contributed by atoms with Crippen LogP contribution in [0.2, 0.25) is 0 Å². The van der Waals surface area contributed by atoms with Gasteiger partial charge in [-0.05, 0) is 31.9 Å². The highest BCUT2D eigenvalue weighted by Crippen LogP contribution is 2.44. The van der Waals surface area contributed by atoms with Gasteiger partial charge in [0.05, 0.1) is 6.61 Å². The smallest absolute Gasteiger partial charge is 0.265 e. The molecule has 0 bridgehead atoms. The van der Waals surface area contributed by atoms with E-state index in [1.165, 1.54) is 0 Å². The maximum atomic E-state index is 12.2. The number of aliphatic hydroxyl groups excluding tert-OH is 1. The Morgan fingerprint density at radius 2 is 2.00 bits per heavy atom. The molecule has 1 amide bonds. The molecule has 3 rings (SSSR count). The Bertz CT molecular complexity index is 512. The summed E-state index contributed by atoms with van der Waals surface area (Å²) in [4.78, 5) is 12.2. The van der Waals surface area contributed by atoms with E-state index in [-0.39, 0.29) is 24.0 Å². The van der Waals surface area contributed by atoms with Crippen LogP contribution in [0.5, 0.6) is 11.5 Å². The molecule has 2 atom stereocenters. The molecule has 0 aromatic heterocycles. The lowest BCUT2D eigenvalue weighted by atomic mass is 10.1. The molecule has 2 N–H and O–H groups in total. The first-order valence-corrected chi connectivity index (χ1v) is 6.94. The summed E-state index contributed by atoms with van der Waals surface area (Å²) in [5.74, 6) is 1.07. The maximum Gasteiger partial charge on any atom is 0.265 e. The van der Waals surface area contributed by atoms with Gasteiger partial charge in [-0.15, -0.1) is 0 Å². The number of amides is 1. The Labute approximate surface area is 117 Å². The van der Waals surface area contributed by atoms with Gasteiger partial charge in [0.1, 0.15) is 6.10 Å². The van der Waals surface area contributed by atoms with E-state index in [0.717, 1.165) is 12.8 Å². The van der Waals surface area contributed by atoms with Gasteiger partial charge in [-0.1, -0.05) is 12.1 Å². The van der Waals surface area contributed by atoms with Crippen molar-refractivity contribution in [2.45, 2.75) is 32.0 Å². The number of rotatable bonds is 4. The number of benzene rings is 1. The SMILES string of the molecule is CC1Oc2ccccc2OC1C(=O)NCC1(CO)CC1. The Hall–Kier alpha value is -1.75. The molecule has 108 valence electrons. The van der Waals surface area contributed by atoms with Crippen LogP contribution in [0.15, 0.2) is 24.3 Å². The standard InChI is InChI=1S/C15H19NO4/c1-10-13(14(18)16-8-15(9-17)6-7-15)20-12-5-3-2-4-11(12)19-10/h2-5,10,13,17H,6-9H2,1H3,(H,16,18). The minimum Gasteiger partial charge on any atom is -0.482 e. The summed E-state index contributed by atoms with van der Waals surface area (Å²) in [6, 6.07) is 7.33. The molecule has 5 nitrogen and oxygen atoms in total. The lowest BCUT2D eigenvalue weighted by Crippen LogP contribution is -2.50. The Balaban J connectivity index is 1.64. The molecule has 2 aliphatic rings. The van der Waals surface area contributed by atoms with Gasteiger partial charge in [-0.2, -0.15) is 0 Å². The van der Waals surface area contributed by atoms with Crippen molar-refractivity contribution in [3.8, 4) is 11.5 Å². The van der Waals surface area contributed by atoms with Crippen molar-refractivity contribution in [1.82, 2.24) is 5.32 Å². The summed E-state index contributed by atoms with van der Waals surface area (Å²) >= 11 is 0. The highest BCUT2D eigenvalue weighted by Gasteiger charge is 2.43. The van der Waals surface area contributed by atoms with Crippen LogP contribution in [0, 0.1) is 5.41 Å². The summed E-state index contributed by atoms with van der Waals surface area (Å²) in [7, 11) is 0. The van der Waals surface area contributed by atoms with Gasteiger partial charge in [0.25, 0.3) is 5.91 Å². The fourth-order valence-electron chi connectivity index (χ4n) is 2.35. The van der Waals surface area contributed by atoms with Crippen molar-refractivity contribution in [3.05, 3.63) is 24.3 Å². The first kappa shape index (κ1) is 13.2. The van der Waals surface area contributed by atoms with E-state index in [0.29, 0.717) is 18.0 Å². The van der Waals surface area contributed by atoms with Gasteiger partial charge in [0.15, 0.2) is 11.5 Å². The topological polar surface area (TPSA) is 67.8 Å². The third-order valence-corrected chi connectivity index (χ3v) is 4.03. The van der Waals surface area contributed by atoms with Crippen molar-refractivity contribution in [2.24, 2.45) is 5.41 Å². The number of nitrogens with one attached hydrogen (secondary N) is 1. The number of hydrogen-bond donors (Lipinski definition) is 2. The average molecular weight is 277 g/mol.